The number of furan rings is 1. The molecule has 0 saturated carbocycles. The molecule has 8 heteroatoms. The third-order valence-corrected chi connectivity index (χ3v) is 5.29. The Bertz CT molecular complexity index is 1540. The van der Waals surface area contributed by atoms with Crippen molar-refractivity contribution in [2.45, 2.75) is 6.54 Å². The largest absolute Gasteiger partial charge is 0.477 e. The second kappa shape index (κ2) is 6.94. The van der Waals surface area contributed by atoms with Crippen molar-refractivity contribution in [3.63, 3.8) is 0 Å². The molecular weight excluding hydrogens is 406 g/mol. The summed E-state index contributed by atoms with van der Waals surface area (Å²) in [5.74, 6) is -2.49. The predicted octanol–water partition coefficient (Wildman–Crippen LogP) is 4.77. The molecule has 2 N–H and O–H groups in total. The van der Waals surface area contributed by atoms with E-state index >= 15 is 0 Å². The van der Waals surface area contributed by atoms with Gasteiger partial charge in [0.25, 0.3) is 5.56 Å². The van der Waals surface area contributed by atoms with Crippen LogP contribution in [0.15, 0.2) is 70.2 Å². The lowest BCUT2D eigenvalue weighted by atomic mass is 10.0. The highest BCUT2D eigenvalue weighted by atomic mass is 19.1. The van der Waals surface area contributed by atoms with Crippen molar-refractivity contribution in [1.82, 2.24) is 9.55 Å². The fourth-order valence-corrected chi connectivity index (χ4v) is 3.97. The van der Waals surface area contributed by atoms with Crippen LogP contribution in [0, 0.1) is 11.6 Å². The zero-order valence-corrected chi connectivity index (χ0v) is 15.9. The number of aromatic nitrogens is 2. The molecule has 5 aromatic rings. The normalized spacial score (nSPS) is 11.4. The Kier molecular flexibility index (Phi) is 4.21. The van der Waals surface area contributed by atoms with Crippen LogP contribution in [0.2, 0.25) is 0 Å². The lowest BCUT2D eigenvalue weighted by Crippen LogP contribution is -2.14. The Hall–Kier alpha value is -4.20. The second-order valence-corrected chi connectivity index (χ2v) is 7.04. The predicted molar refractivity (Wildman–Crippen MR) is 110 cm³/mol. The van der Waals surface area contributed by atoms with E-state index in [1.165, 1.54) is 53.4 Å². The number of carboxylic acids is 1. The Balaban J connectivity index is 1.97. The quantitative estimate of drug-likeness (QED) is 0.439. The van der Waals surface area contributed by atoms with E-state index in [9.17, 15) is 23.5 Å². The fraction of sp³-hybridized carbons (Fsp3) is 0.0435. The SMILES string of the molecule is O=C(O)c1c(-c2ccc[nH]c2=O)c2c3occc3c(F)cc2n1Cc1ccccc1F. The number of benzene rings is 2. The van der Waals surface area contributed by atoms with Gasteiger partial charge in [0.15, 0.2) is 0 Å². The molecule has 0 amide bonds. The minimum atomic E-state index is -1.34. The van der Waals surface area contributed by atoms with Crippen molar-refractivity contribution in [1.29, 1.82) is 0 Å². The standard InChI is InChI=1S/C23H14F2N2O4/c24-15-6-2-1-4-12(15)11-27-17-10-16(25)13-7-9-31-21(13)19(17)18(20(27)23(29)30)14-5-3-8-26-22(14)28/h1-10H,11H2,(H,26,28)(H,29,30). The number of carbonyl (C=O) groups is 1. The van der Waals surface area contributed by atoms with Gasteiger partial charge in [-0.3, -0.25) is 4.79 Å². The van der Waals surface area contributed by atoms with Crippen molar-refractivity contribution in [2.24, 2.45) is 0 Å². The van der Waals surface area contributed by atoms with Crippen LogP contribution in [0.1, 0.15) is 16.1 Å². The number of H-pyrrole nitrogens is 1. The molecule has 0 aliphatic carbocycles. The first-order chi connectivity index (χ1) is 15.0. The molecule has 3 aromatic heterocycles. The van der Waals surface area contributed by atoms with E-state index in [4.69, 9.17) is 4.42 Å². The van der Waals surface area contributed by atoms with Gasteiger partial charge in [0, 0.05) is 17.3 Å². The molecule has 5 rings (SSSR count). The highest BCUT2D eigenvalue weighted by Gasteiger charge is 2.29. The molecule has 0 aliphatic heterocycles. The first-order valence-electron chi connectivity index (χ1n) is 9.34. The number of pyridine rings is 1. The third-order valence-electron chi connectivity index (χ3n) is 5.29. The van der Waals surface area contributed by atoms with Gasteiger partial charge in [-0.25, -0.2) is 13.6 Å². The molecular formula is C23H14F2N2O4. The Morgan fingerprint density at radius 3 is 2.65 bits per heavy atom. The summed E-state index contributed by atoms with van der Waals surface area (Å²) in [6.07, 6.45) is 2.72. The number of aromatic carboxylic acids is 1. The molecule has 0 radical (unpaired) electrons. The molecule has 31 heavy (non-hydrogen) atoms. The Morgan fingerprint density at radius 2 is 1.90 bits per heavy atom. The van der Waals surface area contributed by atoms with Crippen molar-refractivity contribution < 1.29 is 23.1 Å². The zero-order chi connectivity index (χ0) is 21.7. The number of halogens is 2. The van der Waals surface area contributed by atoms with Gasteiger partial charge >= 0.3 is 5.97 Å². The highest BCUT2D eigenvalue weighted by Crippen LogP contribution is 2.40. The smallest absolute Gasteiger partial charge is 0.353 e. The van der Waals surface area contributed by atoms with E-state index in [2.05, 4.69) is 4.98 Å². The maximum absolute atomic E-state index is 14.8. The molecule has 0 atom stereocenters. The fourth-order valence-electron chi connectivity index (χ4n) is 3.97. The molecule has 6 nitrogen and oxygen atoms in total. The molecule has 3 heterocycles. The summed E-state index contributed by atoms with van der Waals surface area (Å²) in [4.78, 5) is 27.5. The van der Waals surface area contributed by atoms with Crippen molar-refractivity contribution >= 4 is 27.8 Å². The van der Waals surface area contributed by atoms with Crippen LogP contribution in [0.3, 0.4) is 0 Å². The number of fused-ring (bicyclic) bond motifs is 3. The average Bonchev–Trinajstić information content (AvgIpc) is 3.34. The molecule has 0 bridgehead atoms. The molecule has 0 saturated heterocycles. The van der Waals surface area contributed by atoms with Gasteiger partial charge in [0.1, 0.15) is 22.9 Å². The van der Waals surface area contributed by atoms with Crippen molar-refractivity contribution in [3.05, 3.63) is 94.2 Å². The number of aromatic amines is 1. The van der Waals surface area contributed by atoms with E-state index < -0.39 is 23.2 Å². The van der Waals surface area contributed by atoms with Crippen LogP contribution in [0.25, 0.3) is 33.0 Å². The van der Waals surface area contributed by atoms with E-state index in [1.807, 2.05) is 0 Å². The van der Waals surface area contributed by atoms with Gasteiger partial charge < -0.3 is 19.1 Å². The van der Waals surface area contributed by atoms with Gasteiger partial charge in [0.05, 0.1) is 34.7 Å². The van der Waals surface area contributed by atoms with Crippen LogP contribution in [0.4, 0.5) is 8.78 Å². The summed E-state index contributed by atoms with van der Waals surface area (Å²) < 4.78 is 36.0. The average molecular weight is 420 g/mol. The van der Waals surface area contributed by atoms with Crippen LogP contribution in [0.5, 0.6) is 0 Å². The first kappa shape index (κ1) is 18.8. The molecule has 0 fully saturated rings. The van der Waals surface area contributed by atoms with Crippen LogP contribution in [-0.2, 0) is 6.54 Å². The van der Waals surface area contributed by atoms with Crippen molar-refractivity contribution in [2.75, 3.05) is 0 Å². The summed E-state index contributed by atoms with van der Waals surface area (Å²) in [7, 11) is 0. The summed E-state index contributed by atoms with van der Waals surface area (Å²) >= 11 is 0. The zero-order valence-electron chi connectivity index (χ0n) is 15.9. The number of carboxylic acid groups (broad SMARTS) is 1. The second-order valence-electron chi connectivity index (χ2n) is 7.04. The summed E-state index contributed by atoms with van der Waals surface area (Å²) in [6, 6.07) is 11.6. The van der Waals surface area contributed by atoms with Gasteiger partial charge in [-0.1, -0.05) is 18.2 Å². The summed E-state index contributed by atoms with van der Waals surface area (Å²) in [6.45, 7) is -0.179. The topological polar surface area (TPSA) is 88.2 Å². The first-order valence-corrected chi connectivity index (χ1v) is 9.34. The number of nitrogens with one attached hydrogen (secondary N) is 1. The highest BCUT2D eigenvalue weighted by molar-refractivity contribution is 6.17. The van der Waals surface area contributed by atoms with Crippen LogP contribution >= 0.6 is 0 Å². The van der Waals surface area contributed by atoms with E-state index in [1.54, 1.807) is 12.1 Å². The van der Waals surface area contributed by atoms with Crippen LogP contribution < -0.4 is 5.56 Å². The van der Waals surface area contributed by atoms with Gasteiger partial charge in [-0.15, -0.1) is 0 Å². The maximum atomic E-state index is 14.8. The Morgan fingerprint density at radius 1 is 1.10 bits per heavy atom. The molecule has 2 aromatic carbocycles. The molecule has 0 unspecified atom stereocenters. The maximum Gasteiger partial charge on any atom is 0.353 e. The minimum Gasteiger partial charge on any atom is -0.477 e. The number of hydrogen-bond acceptors (Lipinski definition) is 3. The van der Waals surface area contributed by atoms with E-state index in [-0.39, 0.29) is 50.8 Å². The molecule has 0 spiro atoms. The number of hydrogen-bond donors (Lipinski definition) is 2. The summed E-state index contributed by atoms with van der Waals surface area (Å²) in [5, 5.41) is 10.5. The lowest BCUT2D eigenvalue weighted by Gasteiger charge is -2.10. The summed E-state index contributed by atoms with van der Waals surface area (Å²) in [5.41, 5.74) is -0.100. The van der Waals surface area contributed by atoms with Crippen LogP contribution in [-0.4, -0.2) is 20.6 Å². The van der Waals surface area contributed by atoms with E-state index in [0.717, 1.165) is 0 Å². The van der Waals surface area contributed by atoms with Gasteiger partial charge in [-0.05, 0) is 30.3 Å². The van der Waals surface area contributed by atoms with E-state index in [0.29, 0.717) is 0 Å². The molecule has 154 valence electrons. The lowest BCUT2D eigenvalue weighted by molar-refractivity contribution is 0.0687. The van der Waals surface area contributed by atoms with Crippen molar-refractivity contribution in [3.8, 4) is 11.1 Å². The van der Waals surface area contributed by atoms with Gasteiger partial charge in [0.2, 0.25) is 0 Å². The minimum absolute atomic E-state index is 0.0839. The Labute approximate surface area is 173 Å². The number of rotatable bonds is 4. The number of nitrogens with zero attached hydrogens (tertiary/aromatic N) is 1. The monoisotopic (exact) mass is 420 g/mol. The van der Waals surface area contributed by atoms with Gasteiger partial charge in [-0.2, -0.15) is 0 Å². The molecule has 0 aliphatic rings. The third kappa shape index (κ3) is 2.83.